The highest BCUT2D eigenvalue weighted by Gasteiger charge is 2.19. The Bertz CT molecular complexity index is 720. The number of non-ortho nitro benzene ring substituents is 1. The number of nitro groups is 1. The first kappa shape index (κ1) is 16.6. The average molecular weight is 313 g/mol. The largest absolute Gasteiger partial charge is 0.271 e. The number of hydrogen-bond acceptors (Lipinski definition) is 4. The summed E-state index contributed by atoms with van der Waals surface area (Å²) in [4.78, 5) is 22.3. The van der Waals surface area contributed by atoms with Gasteiger partial charge in [-0.25, -0.2) is 5.43 Å². The summed E-state index contributed by atoms with van der Waals surface area (Å²) in [7, 11) is 0. The molecule has 6 heteroatoms. The molecular weight excluding hydrogens is 294 g/mol. The predicted octanol–water partition coefficient (Wildman–Crippen LogP) is 3.61. The number of carbonyl (C=O) groups excluding carboxylic acids is 1. The van der Waals surface area contributed by atoms with Gasteiger partial charge in [0.1, 0.15) is 0 Å². The van der Waals surface area contributed by atoms with Crippen LogP contribution in [0.3, 0.4) is 0 Å². The van der Waals surface area contributed by atoms with Crippen LogP contribution in [0.1, 0.15) is 37.0 Å². The SMILES string of the molecule is C=C(C)[C@@H]1CC=C(C)C(=NNC(=O)c2cccc([N+](=O)[O-])c2)C1. The van der Waals surface area contributed by atoms with Crippen molar-refractivity contribution in [2.45, 2.75) is 26.7 Å². The van der Waals surface area contributed by atoms with E-state index in [9.17, 15) is 14.9 Å². The van der Waals surface area contributed by atoms with Crippen molar-refractivity contribution in [2.24, 2.45) is 11.0 Å². The molecule has 0 heterocycles. The highest BCUT2D eigenvalue weighted by atomic mass is 16.6. The van der Waals surface area contributed by atoms with E-state index < -0.39 is 10.8 Å². The van der Waals surface area contributed by atoms with Crippen LogP contribution in [0.5, 0.6) is 0 Å². The Labute approximate surface area is 134 Å². The van der Waals surface area contributed by atoms with E-state index in [-0.39, 0.29) is 11.3 Å². The molecule has 6 nitrogen and oxygen atoms in total. The third-order valence-electron chi connectivity index (χ3n) is 3.91. The molecule has 1 aliphatic rings. The Hall–Kier alpha value is -2.76. The topological polar surface area (TPSA) is 84.6 Å². The maximum atomic E-state index is 12.1. The summed E-state index contributed by atoms with van der Waals surface area (Å²) >= 11 is 0. The molecule has 0 radical (unpaired) electrons. The van der Waals surface area contributed by atoms with E-state index in [2.05, 4.69) is 23.2 Å². The molecule has 0 spiro atoms. The third-order valence-corrected chi connectivity index (χ3v) is 3.91. The van der Waals surface area contributed by atoms with Gasteiger partial charge in [0.15, 0.2) is 0 Å². The smallest absolute Gasteiger partial charge is 0.267 e. The number of amides is 1. The van der Waals surface area contributed by atoms with Gasteiger partial charge in [-0.2, -0.15) is 5.10 Å². The molecule has 120 valence electrons. The molecular formula is C17H19N3O3. The summed E-state index contributed by atoms with van der Waals surface area (Å²) in [6.45, 7) is 7.91. The fraction of sp³-hybridized carbons (Fsp3) is 0.294. The Morgan fingerprint density at radius 2 is 2.22 bits per heavy atom. The molecule has 1 atom stereocenters. The third kappa shape index (κ3) is 4.12. The minimum atomic E-state index is -0.534. The van der Waals surface area contributed by atoms with Gasteiger partial charge in [-0.15, -0.1) is 0 Å². The van der Waals surface area contributed by atoms with Gasteiger partial charge >= 0.3 is 0 Å². The standard InChI is InChI=1S/C17H19N3O3/c1-11(2)13-8-7-12(3)16(10-13)18-19-17(21)14-5-4-6-15(9-14)20(22)23/h4-7,9,13H,1,8,10H2,2-3H3,(H,19,21)/t13-/m1/s1. The zero-order valence-electron chi connectivity index (χ0n) is 13.2. The second-order valence-corrected chi connectivity index (χ2v) is 5.68. The number of nitrogens with one attached hydrogen (secondary N) is 1. The molecule has 1 aromatic rings. The summed E-state index contributed by atoms with van der Waals surface area (Å²) in [5.74, 6) is -0.140. The van der Waals surface area contributed by atoms with Gasteiger partial charge in [0.25, 0.3) is 11.6 Å². The van der Waals surface area contributed by atoms with E-state index in [1.165, 1.54) is 24.3 Å². The highest BCUT2D eigenvalue weighted by Crippen LogP contribution is 2.26. The molecule has 0 saturated carbocycles. The van der Waals surface area contributed by atoms with Crippen LogP contribution < -0.4 is 5.43 Å². The fourth-order valence-electron chi connectivity index (χ4n) is 2.37. The number of hydrogen-bond donors (Lipinski definition) is 1. The Kier molecular flexibility index (Phi) is 5.05. The lowest BCUT2D eigenvalue weighted by Crippen LogP contribution is -2.23. The highest BCUT2D eigenvalue weighted by molar-refractivity contribution is 6.02. The molecule has 0 fully saturated rings. The second kappa shape index (κ2) is 7.00. The number of nitro benzene ring substituents is 1. The van der Waals surface area contributed by atoms with E-state index in [1.807, 2.05) is 13.8 Å². The van der Waals surface area contributed by atoms with Crippen molar-refractivity contribution in [2.75, 3.05) is 0 Å². The van der Waals surface area contributed by atoms with Crippen LogP contribution in [0.2, 0.25) is 0 Å². The molecule has 23 heavy (non-hydrogen) atoms. The maximum absolute atomic E-state index is 12.1. The molecule has 1 amide bonds. The van der Waals surface area contributed by atoms with Crippen molar-refractivity contribution in [3.63, 3.8) is 0 Å². The van der Waals surface area contributed by atoms with Crippen molar-refractivity contribution in [1.29, 1.82) is 0 Å². The van der Waals surface area contributed by atoms with Gasteiger partial charge in [0.2, 0.25) is 0 Å². The van der Waals surface area contributed by atoms with E-state index in [0.717, 1.165) is 29.7 Å². The molecule has 0 unspecified atom stereocenters. The molecule has 0 saturated heterocycles. The Morgan fingerprint density at radius 1 is 1.48 bits per heavy atom. The minimum absolute atomic E-state index is 0.124. The normalized spacial score (nSPS) is 19.1. The van der Waals surface area contributed by atoms with Gasteiger partial charge in [0.05, 0.1) is 10.6 Å². The van der Waals surface area contributed by atoms with Gasteiger partial charge < -0.3 is 0 Å². The van der Waals surface area contributed by atoms with E-state index >= 15 is 0 Å². The summed E-state index contributed by atoms with van der Waals surface area (Å²) in [5, 5.41) is 14.9. The zero-order chi connectivity index (χ0) is 17.0. The molecule has 0 aliphatic heterocycles. The first-order chi connectivity index (χ1) is 10.9. The monoisotopic (exact) mass is 313 g/mol. The lowest BCUT2D eigenvalue weighted by atomic mass is 9.85. The van der Waals surface area contributed by atoms with E-state index in [0.29, 0.717) is 5.92 Å². The number of benzene rings is 1. The van der Waals surface area contributed by atoms with E-state index in [1.54, 1.807) is 0 Å². The molecule has 1 aliphatic carbocycles. The first-order valence-electron chi connectivity index (χ1n) is 7.32. The Balaban J connectivity index is 2.12. The maximum Gasteiger partial charge on any atom is 0.271 e. The fourth-order valence-corrected chi connectivity index (χ4v) is 2.37. The lowest BCUT2D eigenvalue weighted by molar-refractivity contribution is -0.384. The van der Waals surface area contributed by atoms with Crippen LogP contribution in [0.25, 0.3) is 0 Å². The predicted molar refractivity (Wildman–Crippen MR) is 89.3 cm³/mol. The number of hydrazone groups is 1. The van der Waals surface area contributed by atoms with Crippen LogP contribution >= 0.6 is 0 Å². The minimum Gasteiger partial charge on any atom is -0.267 e. The second-order valence-electron chi connectivity index (χ2n) is 5.68. The summed E-state index contributed by atoms with van der Waals surface area (Å²) < 4.78 is 0. The summed E-state index contributed by atoms with van der Waals surface area (Å²) in [5.41, 5.74) is 5.49. The molecule has 2 rings (SSSR count). The van der Waals surface area contributed by atoms with Crippen molar-refractivity contribution in [3.05, 3.63) is 63.7 Å². The number of nitrogens with zero attached hydrogens (tertiary/aromatic N) is 2. The molecule has 0 bridgehead atoms. The zero-order valence-corrected chi connectivity index (χ0v) is 13.2. The lowest BCUT2D eigenvalue weighted by Gasteiger charge is -2.22. The van der Waals surface area contributed by atoms with Gasteiger partial charge in [-0.3, -0.25) is 14.9 Å². The first-order valence-corrected chi connectivity index (χ1v) is 7.32. The van der Waals surface area contributed by atoms with Gasteiger partial charge in [-0.1, -0.05) is 24.3 Å². The molecule has 0 aromatic heterocycles. The van der Waals surface area contributed by atoms with Gasteiger partial charge in [-0.05, 0) is 44.2 Å². The Morgan fingerprint density at radius 3 is 2.87 bits per heavy atom. The number of carbonyl (C=O) groups is 1. The molecule has 1 N–H and O–H groups in total. The van der Waals surface area contributed by atoms with Crippen molar-refractivity contribution in [3.8, 4) is 0 Å². The summed E-state index contributed by atoms with van der Waals surface area (Å²) in [6.07, 6.45) is 3.74. The van der Waals surface area contributed by atoms with Crippen LogP contribution in [-0.4, -0.2) is 16.5 Å². The van der Waals surface area contributed by atoms with Crippen LogP contribution in [0.15, 0.2) is 53.2 Å². The number of rotatable bonds is 4. The molecule has 1 aromatic carbocycles. The quantitative estimate of drug-likeness (QED) is 0.523. The summed E-state index contributed by atoms with van der Waals surface area (Å²) in [6, 6.07) is 5.57. The van der Waals surface area contributed by atoms with Crippen LogP contribution in [-0.2, 0) is 0 Å². The average Bonchev–Trinajstić information content (AvgIpc) is 2.53. The van der Waals surface area contributed by atoms with Crippen molar-refractivity contribution in [1.82, 2.24) is 5.43 Å². The van der Waals surface area contributed by atoms with Gasteiger partial charge in [0, 0.05) is 17.7 Å². The van der Waals surface area contributed by atoms with Crippen LogP contribution in [0.4, 0.5) is 5.69 Å². The van der Waals surface area contributed by atoms with Crippen molar-refractivity contribution >= 4 is 17.3 Å². The number of allylic oxidation sites excluding steroid dienone is 3. The van der Waals surface area contributed by atoms with E-state index in [4.69, 9.17) is 0 Å². The van der Waals surface area contributed by atoms with Crippen molar-refractivity contribution < 1.29 is 9.72 Å². The van der Waals surface area contributed by atoms with Crippen LogP contribution in [0, 0.1) is 16.0 Å².